The number of hydrogen-bond donors (Lipinski definition) is 1. The number of rotatable bonds is 4. The number of aromatic nitrogens is 1. The molecule has 0 amide bonds. The molecule has 0 radical (unpaired) electrons. The van der Waals surface area contributed by atoms with Crippen molar-refractivity contribution in [3.05, 3.63) is 30.1 Å². The van der Waals surface area contributed by atoms with Gasteiger partial charge in [-0.1, -0.05) is 6.07 Å². The molecule has 2 rings (SSSR count). The van der Waals surface area contributed by atoms with Crippen LogP contribution in [0, 0.1) is 0 Å². The van der Waals surface area contributed by atoms with Crippen LogP contribution in [0.15, 0.2) is 24.5 Å². The lowest BCUT2D eigenvalue weighted by atomic mass is 9.78. The smallest absolute Gasteiger partial charge is 0.0406 e. The maximum Gasteiger partial charge on any atom is 0.0406 e. The Morgan fingerprint density at radius 2 is 2.36 bits per heavy atom. The summed E-state index contributed by atoms with van der Waals surface area (Å²) in [6.45, 7) is 0.876. The molecule has 1 N–H and O–H groups in total. The van der Waals surface area contributed by atoms with Crippen molar-refractivity contribution in [3.8, 4) is 0 Å². The van der Waals surface area contributed by atoms with E-state index in [1.54, 1.807) is 6.20 Å². The fourth-order valence-electron chi connectivity index (χ4n) is 1.75. The summed E-state index contributed by atoms with van der Waals surface area (Å²) in [5, 5.41) is 3.53. The molecule has 0 spiro atoms. The molecule has 76 valence electrons. The van der Waals surface area contributed by atoms with Crippen LogP contribution in [0.25, 0.3) is 0 Å². The Morgan fingerprint density at radius 3 is 2.86 bits per heavy atom. The maximum atomic E-state index is 5.95. The highest BCUT2D eigenvalue weighted by molar-refractivity contribution is 6.18. The highest BCUT2D eigenvalue weighted by Gasteiger charge is 2.35. The van der Waals surface area contributed by atoms with Crippen LogP contribution in [0.2, 0.25) is 0 Å². The molecule has 1 saturated carbocycles. The fraction of sp³-hybridized carbons (Fsp3) is 0.545. The van der Waals surface area contributed by atoms with E-state index in [9.17, 15) is 0 Å². The second-order valence-corrected chi connectivity index (χ2v) is 4.25. The van der Waals surface area contributed by atoms with E-state index in [0.29, 0.717) is 5.88 Å². The van der Waals surface area contributed by atoms with Crippen LogP contribution in [0.4, 0.5) is 0 Å². The first-order valence-corrected chi connectivity index (χ1v) is 5.58. The highest BCUT2D eigenvalue weighted by atomic mass is 35.5. The van der Waals surface area contributed by atoms with E-state index >= 15 is 0 Å². The van der Waals surface area contributed by atoms with Gasteiger partial charge in [-0.3, -0.25) is 4.98 Å². The van der Waals surface area contributed by atoms with Gasteiger partial charge in [0.15, 0.2) is 0 Å². The van der Waals surface area contributed by atoms with Crippen LogP contribution in [-0.2, 0) is 6.54 Å². The van der Waals surface area contributed by atoms with Gasteiger partial charge in [0.1, 0.15) is 0 Å². The van der Waals surface area contributed by atoms with Gasteiger partial charge in [0, 0.05) is 30.4 Å². The van der Waals surface area contributed by atoms with Crippen molar-refractivity contribution < 1.29 is 0 Å². The van der Waals surface area contributed by atoms with E-state index < -0.39 is 0 Å². The fourth-order valence-corrected chi connectivity index (χ4v) is 2.12. The van der Waals surface area contributed by atoms with Crippen molar-refractivity contribution in [2.75, 3.05) is 5.88 Å². The molecule has 0 aliphatic heterocycles. The standard InChI is InChI=1S/C11H15ClN2/c12-9-11(4-2-5-11)14-8-10-3-1-6-13-7-10/h1,3,6-7,14H,2,4-5,8-9H2. The Morgan fingerprint density at radius 1 is 1.50 bits per heavy atom. The predicted molar refractivity (Wildman–Crippen MR) is 58.4 cm³/mol. The summed E-state index contributed by atoms with van der Waals surface area (Å²) in [7, 11) is 0. The Balaban J connectivity index is 1.88. The minimum absolute atomic E-state index is 0.206. The van der Waals surface area contributed by atoms with Crippen molar-refractivity contribution >= 4 is 11.6 Å². The van der Waals surface area contributed by atoms with Crippen LogP contribution in [0.3, 0.4) is 0 Å². The molecule has 0 bridgehead atoms. The maximum absolute atomic E-state index is 5.95. The van der Waals surface area contributed by atoms with Gasteiger partial charge in [0.2, 0.25) is 0 Å². The molecule has 1 aromatic heterocycles. The molecular formula is C11H15ClN2. The van der Waals surface area contributed by atoms with E-state index in [0.717, 1.165) is 6.54 Å². The zero-order valence-electron chi connectivity index (χ0n) is 8.17. The van der Waals surface area contributed by atoms with Crippen molar-refractivity contribution in [1.29, 1.82) is 0 Å². The number of hydrogen-bond acceptors (Lipinski definition) is 2. The second-order valence-electron chi connectivity index (χ2n) is 3.98. The van der Waals surface area contributed by atoms with Gasteiger partial charge in [-0.15, -0.1) is 11.6 Å². The second kappa shape index (κ2) is 4.28. The number of pyridine rings is 1. The van der Waals surface area contributed by atoms with Gasteiger partial charge < -0.3 is 5.32 Å². The van der Waals surface area contributed by atoms with Crippen LogP contribution < -0.4 is 5.32 Å². The third-order valence-corrected chi connectivity index (χ3v) is 3.47. The number of nitrogens with one attached hydrogen (secondary N) is 1. The van der Waals surface area contributed by atoms with Crippen LogP contribution in [-0.4, -0.2) is 16.4 Å². The van der Waals surface area contributed by atoms with Gasteiger partial charge >= 0.3 is 0 Å². The molecule has 14 heavy (non-hydrogen) atoms. The van der Waals surface area contributed by atoms with E-state index in [-0.39, 0.29) is 5.54 Å². The normalized spacial score (nSPS) is 18.9. The summed E-state index contributed by atoms with van der Waals surface area (Å²) in [6, 6.07) is 4.05. The third-order valence-electron chi connectivity index (χ3n) is 2.96. The first-order chi connectivity index (χ1) is 6.85. The summed E-state index contributed by atoms with van der Waals surface area (Å²) in [4.78, 5) is 4.08. The average molecular weight is 211 g/mol. The first-order valence-electron chi connectivity index (χ1n) is 5.05. The number of nitrogens with zero attached hydrogens (tertiary/aromatic N) is 1. The zero-order valence-corrected chi connectivity index (χ0v) is 8.93. The lowest BCUT2D eigenvalue weighted by Gasteiger charge is -2.41. The topological polar surface area (TPSA) is 24.9 Å². The minimum atomic E-state index is 0.206. The average Bonchev–Trinajstić information content (AvgIpc) is 2.19. The largest absolute Gasteiger partial charge is 0.306 e. The van der Waals surface area contributed by atoms with Crippen LogP contribution in [0.5, 0.6) is 0 Å². The SMILES string of the molecule is ClCC1(NCc2cccnc2)CCC1. The van der Waals surface area contributed by atoms with Crippen LogP contribution >= 0.6 is 11.6 Å². The highest BCUT2D eigenvalue weighted by Crippen LogP contribution is 2.33. The molecule has 0 saturated heterocycles. The summed E-state index contributed by atoms with van der Waals surface area (Å²) < 4.78 is 0. The molecular weight excluding hydrogens is 196 g/mol. The van der Waals surface area contributed by atoms with Crippen LogP contribution in [0.1, 0.15) is 24.8 Å². The van der Waals surface area contributed by atoms with Gasteiger partial charge in [-0.25, -0.2) is 0 Å². The van der Waals surface area contributed by atoms with Gasteiger partial charge in [-0.2, -0.15) is 0 Å². The Kier molecular flexibility index (Phi) is 3.04. The molecule has 0 atom stereocenters. The van der Waals surface area contributed by atoms with Gasteiger partial charge in [0.05, 0.1) is 0 Å². The van der Waals surface area contributed by atoms with Crippen molar-refractivity contribution in [1.82, 2.24) is 10.3 Å². The number of alkyl halides is 1. The van der Waals surface area contributed by atoms with E-state index in [4.69, 9.17) is 11.6 Å². The summed E-state index contributed by atoms with van der Waals surface area (Å²) >= 11 is 5.95. The molecule has 3 heteroatoms. The van der Waals surface area contributed by atoms with Crippen molar-refractivity contribution in [3.63, 3.8) is 0 Å². The van der Waals surface area contributed by atoms with E-state index in [1.807, 2.05) is 12.3 Å². The molecule has 0 aromatic carbocycles. The van der Waals surface area contributed by atoms with Gasteiger partial charge in [0.25, 0.3) is 0 Å². The lowest BCUT2D eigenvalue weighted by molar-refractivity contribution is 0.211. The summed E-state index contributed by atoms with van der Waals surface area (Å²) in [5.41, 5.74) is 1.43. The Hall–Kier alpha value is -0.600. The van der Waals surface area contributed by atoms with Gasteiger partial charge in [-0.05, 0) is 30.9 Å². The molecule has 1 aliphatic carbocycles. The molecule has 2 nitrogen and oxygen atoms in total. The molecule has 1 aromatic rings. The van der Waals surface area contributed by atoms with E-state index in [1.165, 1.54) is 24.8 Å². The molecule has 0 unspecified atom stereocenters. The lowest BCUT2D eigenvalue weighted by Crippen LogP contribution is -2.52. The monoisotopic (exact) mass is 210 g/mol. The Labute approximate surface area is 89.7 Å². The minimum Gasteiger partial charge on any atom is -0.306 e. The quantitative estimate of drug-likeness (QED) is 0.772. The molecule has 1 fully saturated rings. The zero-order chi connectivity index (χ0) is 9.86. The predicted octanol–water partition coefficient (Wildman–Crippen LogP) is 2.33. The van der Waals surface area contributed by atoms with E-state index in [2.05, 4.69) is 16.4 Å². The summed E-state index contributed by atoms with van der Waals surface area (Å²) in [5.74, 6) is 0.716. The molecule has 1 aliphatic rings. The third kappa shape index (κ3) is 2.07. The summed E-state index contributed by atoms with van der Waals surface area (Å²) in [6.07, 6.45) is 7.40. The van der Waals surface area contributed by atoms with Crippen molar-refractivity contribution in [2.45, 2.75) is 31.3 Å². The molecule has 1 heterocycles. The first kappa shape index (κ1) is 9.94. The number of halogens is 1. The van der Waals surface area contributed by atoms with Crippen molar-refractivity contribution in [2.24, 2.45) is 0 Å². The Bertz CT molecular complexity index is 277.